The lowest BCUT2D eigenvalue weighted by atomic mass is 9.95. The molecule has 1 saturated carbocycles. The molecule has 0 amide bonds. The van der Waals surface area contributed by atoms with Crippen molar-refractivity contribution >= 4 is 26.8 Å². The second kappa shape index (κ2) is 3.60. The highest BCUT2D eigenvalue weighted by atomic mass is 79.9. The monoisotopic (exact) mass is 278 g/mol. The van der Waals surface area contributed by atoms with E-state index in [0.29, 0.717) is 0 Å². The van der Waals surface area contributed by atoms with E-state index in [1.54, 1.807) is 0 Å². The van der Waals surface area contributed by atoms with Gasteiger partial charge in [0.2, 0.25) is 0 Å². The van der Waals surface area contributed by atoms with E-state index in [-0.39, 0.29) is 5.54 Å². The normalized spacial score (nSPS) is 19.4. The van der Waals surface area contributed by atoms with Crippen molar-refractivity contribution in [3.05, 3.63) is 34.4 Å². The Morgan fingerprint density at radius 3 is 2.69 bits per heavy atom. The maximum absolute atomic E-state index is 6.45. The van der Waals surface area contributed by atoms with Gasteiger partial charge in [0.15, 0.2) is 0 Å². The molecule has 0 saturated heterocycles. The quantitative estimate of drug-likeness (QED) is 0.821. The Hall–Kier alpha value is -0.800. The average Bonchev–Trinajstić information content (AvgIpc) is 2.85. The Bertz CT molecular complexity index is 524. The molecule has 3 rings (SSSR count). The fraction of sp³-hybridized carbons (Fsp3) is 0.385. The molecule has 1 aliphatic carbocycles. The number of aromatic nitrogens is 1. The number of hydrogen-bond acceptors (Lipinski definition) is 1. The Morgan fingerprint density at radius 2 is 2.00 bits per heavy atom. The van der Waals surface area contributed by atoms with Crippen molar-refractivity contribution in [1.82, 2.24) is 4.98 Å². The third-order valence-electron chi connectivity index (χ3n) is 3.64. The summed E-state index contributed by atoms with van der Waals surface area (Å²) in [7, 11) is 0. The van der Waals surface area contributed by atoms with Gasteiger partial charge < -0.3 is 10.7 Å². The molecule has 1 aromatic heterocycles. The van der Waals surface area contributed by atoms with Gasteiger partial charge in [0.25, 0.3) is 0 Å². The molecular weight excluding hydrogens is 264 g/mol. The zero-order valence-corrected chi connectivity index (χ0v) is 10.7. The van der Waals surface area contributed by atoms with Crippen LogP contribution in [-0.4, -0.2) is 4.98 Å². The van der Waals surface area contributed by atoms with E-state index in [1.807, 2.05) is 6.07 Å². The van der Waals surface area contributed by atoms with Gasteiger partial charge >= 0.3 is 0 Å². The summed E-state index contributed by atoms with van der Waals surface area (Å²) in [4.78, 5) is 3.46. The molecule has 3 heteroatoms. The van der Waals surface area contributed by atoms with Gasteiger partial charge in [-0.05, 0) is 31.0 Å². The van der Waals surface area contributed by atoms with E-state index >= 15 is 0 Å². The second-order valence-electron chi connectivity index (χ2n) is 4.75. The van der Waals surface area contributed by atoms with E-state index in [1.165, 1.54) is 29.4 Å². The zero-order valence-electron chi connectivity index (χ0n) is 9.09. The zero-order chi connectivity index (χ0) is 11.2. The van der Waals surface area contributed by atoms with Crippen molar-refractivity contribution in [2.45, 2.75) is 31.2 Å². The number of rotatable bonds is 1. The first-order valence-electron chi connectivity index (χ1n) is 5.76. The molecule has 1 aliphatic rings. The summed E-state index contributed by atoms with van der Waals surface area (Å²) in [5.74, 6) is 0. The Kier molecular flexibility index (Phi) is 2.33. The van der Waals surface area contributed by atoms with Gasteiger partial charge in [-0.25, -0.2) is 0 Å². The highest BCUT2D eigenvalue weighted by molar-refractivity contribution is 9.10. The Balaban J connectivity index is 2.15. The smallest absolute Gasteiger partial charge is 0.0561 e. The first-order chi connectivity index (χ1) is 7.69. The van der Waals surface area contributed by atoms with Crippen LogP contribution in [-0.2, 0) is 5.54 Å². The molecule has 0 bridgehead atoms. The van der Waals surface area contributed by atoms with Crippen LogP contribution < -0.4 is 5.73 Å². The Labute approximate surface area is 103 Å². The van der Waals surface area contributed by atoms with Crippen molar-refractivity contribution in [3.63, 3.8) is 0 Å². The number of nitrogens with one attached hydrogen (secondary N) is 1. The highest BCUT2D eigenvalue weighted by Crippen LogP contribution is 2.38. The van der Waals surface area contributed by atoms with Crippen LogP contribution in [0.3, 0.4) is 0 Å². The average molecular weight is 279 g/mol. The summed E-state index contributed by atoms with van der Waals surface area (Å²) in [6.45, 7) is 0. The van der Waals surface area contributed by atoms with E-state index < -0.39 is 0 Å². The van der Waals surface area contributed by atoms with Crippen molar-refractivity contribution < 1.29 is 0 Å². The largest absolute Gasteiger partial charge is 0.357 e. The highest BCUT2D eigenvalue weighted by Gasteiger charge is 2.32. The minimum absolute atomic E-state index is 0.127. The van der Waals surface area contributed by atoms with Crippen LogP contribution in [0.5, 0.6) is 0 Å². The van der Waals surface area contributed by atoms with Crippen molar-refractivity contribution in [1.29, 1.82) is 0 Å². The minimum Gasteiger partial charge on any atom is -0.357 e. The molecule has 0 spiro atoms. The lowest BCUT2D eigenvalue weighted by Gasteiger charge is -2.21. The van der Waals surface area contributed by atoms with Gasteiger partial charge in [0.05, 0.1) is 5.54 Å². The van der Waals surface area contributed by atoms with E-state index in [2.05, 4.69) is 39.1 Å². The molecule has 1 heterocycles. The van der Waals surface area contributed by atoms with Gasteiger partial charge in [-0.1, -0.05) is 34.8 Å². The lowest BCUT2D eigenvalue weighted by molar-refractivity contribution is 0.450. The predicted octanol–water partition coefficient (Wildman–Crippen LogP) is 3.66. The molecule has 1 aromatic carbocycles. The minimum atomic E-state index is -0.127. The molecule has 0 radical (unpaired) electrons. The van der Waals surface area contributed by atoms with E-state index in [9.17, 15) is 0 Å². The van der Waals surface area contributed by atoms with Gasteiger partial charge in [0.1, 0.15) is 0 Å². The molecule has 0 unspecified atom stereocenters. The second-order valence-corrected chi connectivity index (χ2v) is 5.60. The SMILES string of the molecule is NC1(c2cc3c(Br)cccc3[nH]2)CCCC1. The maximum Gasteiger partial charge on any atom is 0.0561 e. The molecule has 1 fully saturated rings. The topological polar surface area (TPSA) is 41.8 Å². The van der Waals surface area contributed by atoms with Gasteiger partial charge in [-0.3, -0.25) is 0 Å². The van der Waals surface area contributed by atoms with Gasteiger partial charge in [-0.2, -0.15) is 0 Å². The summed E-state index contributed by atoms with van der Waals surface area (Å²) >= 11 is 3.58. The van der Waals surface area contributed by atoms with Crippen molar-refractivity contribution in [2.75, 3.05) is 0 Å². The summed E-state index contributed by atoms with van der Waals surface area (Å²) in [5, 5.41) is 1.23. The molecule has 84 valence electrons. The van der Waals surface area contributed by atoms with Crippen molar-refractivity contribution in [3.8, 4) is 0 Å². The number of halogens is 1. The third kappa shape index (κ3) is 1.50. The van der Waals surface area contributed by atoms with E-state index in [4.69, 9.17) is 5.73 Å². The summed E-state index contributed by atoms with van der Waals surface area (Å²) in [6.07, 6.45) is 4.68. The van der Waals surface area contributed by atoms with Crippen LogP contribution in [0.1, 0.15) is 31.4 Å². The standard InChI is InChI=1S/C13H15BrN2/c14-10-4-3-5-11-9(10)8-12(16-11)13(15)6-1-2-7-13/h3-5,8,16H,1-2,6-7,15H2. The number of nitrogens with two attached hydrogens (primary N) is 1. The number of fused-ring (bicyclic) bond motifs is 1. The molecule has 2 aromatic rings. The third-order valence-corrected chi connectivity index (χ3v) is 4.33. The molecule has 0 atom stereocenters. The predicted molar refractivity (Wildman–Crippen MR) is 70.3 cm³/mol. The first-order valence-corrected chi connectivity index (χ1v) is 6.55. The molecule has 2 nitrogen and oxygen atoms in total. The molecule has 3 N–H and O–H groups in total. The van der Waals surface area contributed by atoms with Crippen LogP contribution in [0.4, 0.5) is 0 Å². The van der Waals surface area contributed by atoms with Crippen molar-refractivity contribution in [2.24, 2.45) is 5.73 Å². The summed E-state index contributed by atoms with van der Waals surface area (Å²) in [5.41, 5.74) is 8.68. The van der Waals surface area contributed by atoms with Crippen LogP contribution in [0.15, 0.2) is 28.7 Å². The van der Waals surface area contributed by atoms with E-state index in [0.717, 1.165) is 17.3 Å². The summed E-state index contributed by atoms with van der Waals surface area (Å²) in [6, 6.07) is 8.41. The number of hydrogen-bond donors (Lipinski definition) is 2. The van der Waals surface area contributed by atoms with Crippen LogP contribution in [0.25, 0.3) is 10.9 Å². The number of benzene rings is 1. The first kappa shape index (κ1) is 10.4. The number of H-pyrrole nitrogens is 1. The summed E-state index contributed by atoms with van der Waals surface area (Å²) < 4.78 is 1.13. The fourth-order valence-electron chi connectivity index (χ4n) is 2.66. The lowest BCUT2D eigenvalue weighted by Crippen LogP contribution is -2.33. The maximum atomic E-state index is 6.45. The Morgan fingerprint density at radius 1 is 1.25 bits per heavy atom. The molecular formula is C13H15BrN2. The van der Waals surface area contributed by atoms with Crippen LogP contribution >= 0.6 is 15.9 Å². The van der Waals surface area contributed by atoms with Crippen LogP contribution in [0.2, 0.25) is 0 Å². The molecule has 16 heavy (non-hydrogen) atoms. The molecule has 0 aliphatic heterocycles. The van der Waals surface area contributed by atoms with Crippen LogP contribution in [0, 0.1) is 0 Å². The fourth-order valence-corrected chi connectivity index (χ4v) is 3.14. The number of aromatic amines is 1. The van der Waals surface area contributed by atoms with Gasteiger partial charge in [-0.15, -0.1) is 0 Å². The van der Waals surface area contributed by atoms with Gasteiger partial charge in [0, 0.05) is 21.1 Å².